The molecule has 1 aromatic carbocycles. The zero-order valence-corrected chi connectivity index (χ0v) is 34.0. The summed E-state index contributed by atoms with van der Waals surface area (Å²) in [5.74, 6) is -13.2. The van der Waals surface area contributed by atoms with E-state index in [4.69, 9.17) is 30.4 Å². The van der Waals surface area contributed by atoms with Gasteiger partial charge in [0.25, 0.3) is 6.47 Å². The van der Waals surface area contributed by atoms with E-state index in [2.05, 4.69) is 32.9 Å². The molecule has 0 spiro atoms. The van der Waals surface area contributed by atoms with Gasteiger partial charge in [0, 0.05) is 45.5 Å². The standard InChI is InChI=1S/C31H62N6O8.C7HF5O2/c1-2-19-42-21-23-44-25-26-45-24-22-43-20-18-36-31(41)27(10-5-8-16-34-28(38)11-3-6-14-32)37-30(40)13-9-17-35-29(39)12-4-7-15-33;8-2-3(9)5(11)7(14-1-13)6(12)4(2)10/h27H,2-26,32-33H2,1H3,(H,34,38)(H,35,39)(H,36,41)(H,37,40);1H. The quantitative estimate of drug-likeness (QED) is 0.0190. The monoisotopic (exact) mass is 858 g/mol. The van der Waals surface area contributed by atoms with Gasteiger partial charge in [-0.25, -0.2) is 13.2 Å². The normalized spacial score (nSPS) is 11.3. The molecule has 1 unspecified atom stereocenters. The van der Waals surface area contributed by atoms with Gasteiger partial charge in [-0.15, -0.1) is 0 Å². The van der Waals surface area contributed by atoms with Crippen LogP contribution in [0.4, 0.5) is 22.0 Å². The van der Waals surface area contributed by atoms with Gasteiger partial charge in [0.15, 0.2) is 0 Å². The molecule has 1 aromatic rings. The van der Waals surface area contributed by atoms with E-state index >= 15 is 0 Å². The molecule has 0 saturated heterocycles. The van der Waals surface area contributed by atoms with Gasteiger partial charge in [0.05, 0.1) is 46.2 Å². The number of carbonyl (C=O) groups is 5. The number of halogens is 5. The Hall–Kier alpha value is -4.02. The molecule has 0 aliphatic heterocycles. The van der Waals surface area contributed by atoms with E-state index in [0.29, 0.717) is 117 Å². The Bertz CT molecular complexity index is 1310. The van der Waals surface area contributed by atoms with Crippen molar-refractivity contribution in [3.63, 3.8) is 0 Å². The van der Waals surface area contributed by atoms with Crippen LogP contribution in [0.25, 0.3) is 0 Å². The van der Waals surface area contributed by atoms with Crippen LogP contribution >= 0.6 is 0 Å². The highest BCUT2D eigenvalue weighted by molar-refractivity contribution is 5.87. The van der Waals surface area contributed by atoms with Crippen LogP contribution in [0.2, 0.25) is 0 Å². The molecule has 16 nitrogen and oxygen atoms in total. The van der Waals surface area contributed by atoms with Gasteiger partial charge in [-0.2, -0.15) is 8.78 Å². The van der Waals surface area contributed by atoms with E-state index in [-0.39, 0.29) is 30.0 Å². The fourth-order valence-electron chi connectivity index (χ4n) is 4.76. The number of nitrogens with one attached hydrogen (secondary N) is 4. The van der Waals surface area contributed by atoms with Gasteiger partial charge < -0.3 is 56.4 Å². The number of amides is 4. The van der Waals surface area contributed by atoms with E-state index in [0.717, 1.165) is 38.7 Å². The number of benzene rings is 1. The summed E-state index contributed by atoms with van der Waals surface area (Å²) in [5, 5.41) is 11.3. The molecule has 0 fully saturated rings. The Kier molecular flexibility index (Phi) is 34.5. The first-order chi connectivity index (χ1) is 28.4. The molecule has 1 rings (SSSR count). The van der Waals surface area contributed by atoms with Crippen molar-refractivity contribution in [2.45, 2.75) is 90.0 Å². The Morgan fingerprint density at radius 1 is 0.559 bits per heavy atom. The minimum atomic E-state index is -2.31. The third-order valence-electron chi connectivity index (χ3n) is 7.86. The summed E-state index contributed by atoms with van der Waals surface area (Å²) in [7, 11) is 0. The van der Waals surface area contributed by atoms with E-state index in [1.807, 2.05) is 0 Å². The Labute approximate surface area is 342 Å². The van der Waals surface area contributed by atoms with Crippen molar-refractivity contribution in [3.05, 3.63) is 29.1 Å². The second kappa shape index (κ2) is 37.0. The Morgan fingerprint density at radius 3 is 1.51 bits per heavy atom. The van der Waals surface area contributed by atoms with Crippen molar-refractivity contribution in [1.29, 1.82) is 0 Å². The second-order valence-electron chi connectivity index (χ2n) is 12.8. The van der Waals surface area contributed by atoms with Crippen molar-refractivity contribution >= 4 is 30.1 Å². The summed E-state index contributed by atoms with van der Waals surface area (Å²) >= 11 is 0. The lowest BCUT2D eigenvalue weighted by molar-refractivity contribution is -0.129. The number of hydrogen-bond donors (Lipinski definition) is 6. The molecule has 0 bridgehead atoms. The molecule has 4 amide bonds. The number of nitrogens with two attached hydrogens (primary N) is 2. The number of ether oxygens (including phenoxy) is 5. The van der Waals surface area contributed by atoms with Crippen LogP contribution in [0.5, 0.6) is 5.75 Å². The van der Waals surface area contributed by atoms with E-state index < -0.39 is 47.3 Å². The molecule has 0 heterocycles. The maximum absolute atomic E-state index is 12.9. The molecule has 1 atom stereocenters. The van der Waals surface area contributed by atoms with E-state index in [9.17, 15) is 45.9 Å². The van der Waals surface area contributed by atoms with Crippen LogP contribution in [0, 0.1) is 29.1 Å². The number of unbranched alkanes of at least 4 members (excludes halogenated alkanes) is 3. The topological polar surface area (TPSA) is 232 Å². The first-order valence-electron chi connectivity index (χ1n) is 19.9. The van der Waals surface area contributed by atoms with Crippen molar-refractivity contribution in [2.24, 2.45) is 11.5 Å². The van der Waals surface area contributed by atoms with Crippen LogP contribution < -0.4 is 37.5 Å². The SMILES string of the molecule is CCCOCCOCCOCCOCCNC(=O)C(CCCCNC(=O)CCCCN)NC(=O)CCCNC(=O)CCCCN.O=COc1c(F)c(F)c(F)c(F)c1F. The van der Waals surface area contributed by atoms with Crippen molar-refractivity contribution in [1.82, 2.24) is 21.3 Å². The lowest BCUT2D eigenvalue weighted by atomic mass is 10.1. The molecule has 0 saturated carbocycles. The molecule has 0 aliphatic carbocycles. The first kappa shape index (κ1) is 55.0. The minimum Gasteiger partial charge on any atom is -0.422 e. The molecular formula is C38H63F5N6O10. The van der Waals surface area contributed by atoms with Gasteiger partial charge in [-0.3, -0.25) is 24.0 Å². The number of carbonyl (C=O) groups excluding carboxylic acids is 5. The number of hydrogen-bond acceptors (Lipinski definition) is 12. The zero-order chi connectivity index (χ0) is 44.1. The molecule has 59 heavy (non-hydrogen) atoms. The summed E-state index contributed by atoms with van der Waals surface area (Å²) in [6, 6.07) is -0.709. The van der Waals surface area contributed by atoms with Gasteiger partial charge in [0.2, 0.25) is 58.5 Å². The average Bonchev–Trinajstić information content (AvgIpc) is 3.22. The van der Waals surface area contributed by atoms with E-state index in [1.165, 1.54) is 0 Å². The molecule has 0 radical (unpaired) electrons. The summed E-state index contributed by atoms with van der Waals surface area (Å²) in [6.45, 7) is 7.85. The summed E-state index contributed by atoms with van der Waals surface area (Å²) in [6.07, 6.45) is 7.37. The maximum atomic E-state index is 12.9. The first-order valence-corrected chi connectivity index (χ1v) is 19.9. The number of rotatable bonds is 35. The second-order valence-corrected chi connectivity index (χ2v) is 12.8. The lowest BCUT2D eigenvalue weighted by Gasteiger charge is -2.19. The van der Waals surface area contributed by atoms with Crippen LogP contribution in [0.3, 0.4) is 0 Å². The van der Waals surface area contributed by atoms with Crippen LogP contribution in [0.15, 0.2) is 0 Å². The molecule has 0 aliphatic rings. The van der Waals surface area contributed by atoms with Crippen LogP contribution in [0.1, 0.15) is 84.0 Å². The van der Waals surface area contributed by atoms with Gasteiger partial charge in [-0.1, -0.05) is 6.92 Å². The fourth-order valence-corrected chi connectivity index (χ4v) is 4.76. The van der Waals surface area contributed by atoms with Gasteiger partial charge in [0.1, 0.15) is 6.04 Å². The molecular weight excluding hydrogens is 795 g/mol. The van der Waals surface area contributed by atoms with E-state index in [1.54, 1.807) is 0 Å². The third kappa shape index (κ3) is 28.2. The summed E-state index contributed by atoms with van der Waals surface area (Å²) < 4.78 is 87.6. The maximum Gasteiger partial charge on any atom is 0.298 e. The Morgan fingerprint density at radius 2 is 1.02 bits per heavy atom. The molecule has 8 N–H and O–H groups in total. The van der Waals surface area contributed by atoms with Crippen molar-refractivity contribution in [3.8, 4) is 5.75 Å². The minimum absolute atomic E-state index is 0.0100. The highest BCUT2D eigenvalue weighted by atomic mass is 19.2. The smallest absolute Gasteiger partial charge is 0.298 e. The predicted molar refractivity (Wildman–Crippen MR) is 206 cm³/mol. The van der Waals surface area contributed by atoms with Gasteiger partial charge in [-0.05, 0) is 70.9 Å². The van der Waals surface area contributed by atoms with Crippen molar-refractivity contribution < 1.29 is 69.6 Å². The lowest BCUT2D eigenvalue weighted by Crippen LogP contribution is -2.47. The van der Waals surface area contributed by atoms with Crippen LogP contribution in [-0.4, -0.2) is 122 Å². The fraction of sp³-hybridized carbons (Fsp3) is 0.711. The zero-order valence-electron chi connectivity index (χ0n) is 34.0. The molecule has 340 valence electrons. The van der Waals surface area contributed by atoms with Crippen LogP contribution in [-0.2, 0) is 42.9 Å². The largest absolute Gasteiger partial charge is 0.422 e. The van der Waals surface area contributed by atoms with Crippen molar-refractivity contribution in [2.75, 3.05) is 85.6 Å². The highest BCUT2D eigenvalue weighted by Crippen LogP contribution is 2.28. The highest BCUT2D eigenvalue weighted by Gasteiger charge is 2.27. The average molecular weight is 859 g/mol. The summed E-state index contributed by atoms with van der Waals surface area (Å²) in [4.78, 5) is 58.9. The van der Waals surface area contributed by atoms with Gasteiger partial charge >= 0.3 is 0 Å². The Balaban J connectivity index is 0.00000200. The molecule has 21 heteroatoms. The third-order valence-corrected chi connectivity index (χ3v) is 7.86. The summed E-state index contributed by atoms with van der Waals surface area (Å²) in [5.41, 5.74) is 10.9. The predicted octanol–water partition coefficient (Wildman–Crippen LogP) is 2.42. The molecule has 0 aromatic heterocycles.